The zero-order chi connectivity index (χ0) is 21.0. The Morgan fingerprint density at radius 2 is 1.77 bits per heavy atom. The summed E-state index contributed by atoms with van der Waals surface area (Å²) in [5.74, 6) is 1.02. The largest absolute Gasteiger partial charge is 1.00 e. The Labute approximate surface area is 199 Å². The maximum absolute atomic E-state index is 13.7. The summed E-state index contributed by atoms with van der Waals surface area (Å²) in [6.45, 7) is 3.28. The number of rotatable bonds is 3. The first-order chi connectivity index (χ1) is 14.4. The third kappa shape index (κ3) is 3.32. The number of para-hydroxylation sites is 1. The van der Waals surface area contributed by atoms with Gasteiger partial charge in [0.05, 0.1) is 24.3 Å². The molecule has 3 heterocycles. The van der Waals surface area contributed by atoms with Gasteiger partial charge in [-0.1, -0.05) is 46.3 Å². The predicted molar refractivity (Wildman–Crippen MR) is 121 cm³/mol. The van der Waals surface area contributed by atoms with Crippen molar-refractivity contribution in [2.75, 3.05) is 18.0 Å². The second kappa shape index (κ2) is 8.07. The van der Waals surface area contributed by atoms with Gasteiger partial charge in [-0.2, -0.15) is 4.90 Å². The lowest BCUT2D eigenvalue weighted by Crippen LogP contribution is -3.00. The summed E-state index contributed by atoms with van der Waals surface area (Å²) in [7, 11) is 1.89. The minimum atomic E-state index is -1.30. The summed E-state index contributed by atoms with van der Waals surface area (Å²) in [6, 6.07) is 17.3. The number of hydrogen-bond donors (Lipinski definition) is 1. The zero-order valence-corrected chi connectivity index (χ0v) is 20.6. The molecule has 0 aliphatic carbocycles. The number of aromatic nitrogens is 2. The summed E-state index contributed by atoms with van der Waals surface area (Å²) in [6.07, 6.45) is 1.87. The van der Waals surface area contributed by atoms with E-state index < -0.39 is 5.72 Å². The predicted octanol–water partition coefficient (Wildman–Crippen LogP) is 0.121. The number of benzene rings is 2. The molecular formula is C23H24Br2N4O2. The highest BCUT2D eigenvalue weighted by atomic mass is 79.9. The maximum Gasteiger partial charge on any atom is 0.318 e. The van der Waals surface area contributed by atoms with E-state index in [0.29, 0.717) is 12.2 Å². The fourth-order valence-corrected chi connectivity index (χ4v) is 5.02. The molecule has 5 rings (SSSR count). The normalized spacial score (nSPS) is 20.2. The molecular weight excluding hydrogens is 524 g/mol. The Morgan fingerprint density at radius 1 is 1.10 bits per heavy atom. The van der Waals surface area contributed by atoms with Crippen LogP contribution >= 0.6 is 15.9 Å². The highest BCUT2D eigenvalue weighted by molar-refractivity contribution is 9.10. The quantitative estimate of drug-likeness (QED) is 0.474. The minimum Gasteiger partial charge on any atom is -1.00 e. The maximum atomic E-state index is 13.7. The van der Waals surface area contributed by atoms with Gasteiger partial charge < -0.3 is 22.1 Å². The van der Waals surface area contributed by atoms with Gasteiger partial charge in [-0.15, -0.1) is 0 Å². The molecule has 2 aliphatic heterocycles. The summed E-state index contributed by atoms with van der Waals surface area (Å²) in [5.41, 5.74) is 1.52. The van der Waals surface area contributed by atoms with Crippen LogP contribution in [0.15, 0.2) is 63.9 Å². The van der Waals surface area contributed by atoms with Gasteiger partial charge in [0.2, 0.25) is 5.69 Å². The fraction of sp³-hybridized carbons (Fsp3) is 0.304. The van der Waals surface area contributed by atoms with Crippen molar-refractivity contribution in [3.8, 4) is 5.69 Å². The molecule has 0 radical (unpaired) electrons. The topological polar surface area (TPSA) is 53.4 Å². The van der Waals surface area contributed by atoms with Gasteiger partial charge in [0.15, 0.2) is 6.54 Å². The van der Waals surface area contributed by atoms with Crippen molar-refractivity contribution < 1.29 is 26.7 Å². The standard InChI is InChI=1S/C23H24BrN4O2.BrH/c1-16-21(22(29)28(25(16)2)19-7-4-3-5-8-19)27-20-9-6-14-26(20)15-23(27,30)17-10-12-18(24)13-11-17;/h3-5,7-8,10-13,30H,6,9,14-15H2,1-2H3;1H/q+1;/p-1. The van der Waals surface area contributed by atoms with Crippen molar-refractivity contribution in [1.82, 2.24) is 9.36 Å². The van der Waals surface area contributed by atoms with Gasteiger partial charge in [-0.05, 0) is 37.6 Å². The van der Waals surface area contributed by atoms with Gasteiger partial charge in [0.1, 0.15) is 0 Å². The molecule has 8 heteroatoms. The number of halogens is 2. The van der Waals surface area contributed by atoms with Gasteiger partial charge in [0, 0.05) is 17.1 Å². The molecule has 2 aliphatic rings. The Bertz CT molecular complexity index is 1210. The lowest BCUT2D eigenvalue weighted by atomic mass is 10.00. The lowest BCUT2D eigenvalue weighted by Gasteiger charge is -2.28. The van der Waals surface area contributed by atoms with Crippen molar-refractivity contribution in [3.05, 3.63) is 80.7 Å². The average molecular weight is 548 g/mol. The summed E-state index contributed by atoms with van der Waals surface area (Å²) in [4.78, 5) is 15.6. The highest BCUT2D eigenvalue weighted by Crippen LogP contribution is 2.39. The third-order valence-corrected chi connectivity index (χ3v) is 6.82. The number of nitrogens with zero attached hydrogens (tertiary/aromatic N) is 4. The van der Waals surface area contributed by atoms with Crippen LogP contribution in [0.4, 0.5) is 5.69 Å². The smallest absolute Gasteiger partial charge is 0.318 e. The molecule has 0 saturated carbocycles. The van der Waals surface area contributed by atoms with Crippen LogP contribution in [-0.4, -0.2) is 38.0 Å². The summed E-state index contributed by atoms with van der Waals surface area (Å²) >= 11 is 3.47. The second-order valence-corrected chi connectivity index (χ2v) is 8.93. The Hall–Kier alpha value is -2.16. The number of hydrogen-bond acceptors (Lipinski definition) is 3. The molecule has 0 amide bonds. The summed E-state index contributed by atoms with van der Waals surface area (Å²) in [5, 5.41) is 12.0. The number of amidine groups is 1. The van der Waals surface area contributed by atoms with Crippen LogP contribution in [0.3, 0.4) is 0 Å². The molecule has 6 nitrogen and oxygen atoms in total. The molecule has 0 bridgehead atoms. The van der Waals surface area contributed by atoms with Crippen LogP contribution in [0, 0.1) is 6.92 Å². The van der Waals surface area contributed by atoms with Gasteiger partial charge in [-0.3, -0.25) is 14.1 Å². The first-order valence-electron chi connectivity index (χ1n) is 10.2. The van der Waals surface area contributed by atoms with E-state index >= 15 is 0 Å². The number of anilines is 1. The third-order valence-electron chi connectivity index (χ3n) is 6.29. The van der Waals surface area contributed by atoms with E-state index in [1.165, 1.54) is 0 Å². The van der Waals surface area contributed by atoms with Crippen molar-refractivity contribution in [1.29, 1.82) is 0 Å². The first-order valence-corrected chi connectivity index (χ1v) is 10.9. The minimum absolute atomic E-state index is 0. The van der Waals surface area contributed by atoms with Crippen LogP contribution in [0.2, 0.25) is 0 Å². The van der Waals surface area contributed by atoms with Crippen LogP contribution in [-0.2, 0) is 12.8 Å². The van der Waals surface area contributed by atoms with Crippen molar-refractivity contribution >= 4 is 27.5 Å². The average Bonchev–Trinajstić information content (AvgIpc) is 3.35. The van der Waals surface area contributed by atoms with Crippen LogP contribution in [0.1, 0.15) is 24.1 Å². The molecule has 162 valence electrons. The van der Waals surface area contributed by atoms with Crippen LogP contribution in [0.25, 0.3) is 5.69 Å². The molecule has 0 saturated heterocycles. The molecule has 1 N–H and O–H groups in total. The molecule has 2 aromatic carbocycles. The molecule has 3 aromatic rings. The van der Waals surface area contributed by atoms with Crippen LogP contribution in [0.5, 0.6) is 0 Å². The Kier molecular flexibility index (Phi) is 5.74. The Morgan fingerprint density at radius 3 is 2.45 bits per heavy atom. The van der Waals surface area contributed by atoms with Gasteiger partial charge in [-0.25, -0.2) is 4.68 Å². The molecule has 1 unspecified atom stereocenters. The van der Waals surface area contributed by atoms with Crippen molar-refractivity contribution in [2.24, 2.45) is 7.05 Å². The van der Waals surface area contributed by atoms with Crippen molar-refractivity contribution in [3.63, 3.8) is 0 Å². The van der Waals surface area contributed by atoms with Gasteiger partial charge >= 0.3 is 5.56 Å². The van der Waals surface area contributed by atoms with E-state index in [0.717, 1.165) is 46.6 Å². The van der Waals surface area contributed by atoms with Gasteiger partial charge in [0.25, 0.3) is 11.6 Å². The van der Waals surface area contributed by atoms with Crippen molar-refractivity contribution in [2.45, 2.75) is 25.5 Å². The summed E-state index contributed by atoms with van der Waals surface area (Å²) < 4.78 is 6.70. The molecule has 1 aromatic heterocycles. The first kappa shape index (κ1) is 22.0. The lowest BCUT2D eigenvalue weighted by molar-refractivity contribution is -0.526. The zero-order valence-electron chi connectivity index (χ0n) is 17.4. The van der Waals surface area contributed by atoms with E-state index in [1.807, 2.05) is 78.2 Å². The number of aliphatic hydroxyl groups is 1. The van der Waals surface area contributed by atoms with Crippen LogP contribution < -0.4 is 27.4 Å². The Balaban J connectivity index is 0.00000231. The van der Waals surface area contributed by atoms with E-state index in [4.69, 9.17) is 0 Å². The highest BCUT2D eigenvalue weighted by Gasteiger charge is 2.57. The molecule has 1 atom stereocenters. The van der Waals surface area contributed by atoms with E-state index in [9.17, 15) is 9.90 Å². The van der Waals surface area contributed by atoms with E-state index in [-0.39, 0.29) is 22.5 Å². The molecule has 0 fully saturated rings. The van der Waals surface area contributed by atoms with E-state index in [2.05, 4.69) is 20.5 Å². The monoisotopic (exact) mass is 546 g/mol. The molecule has 31 heavy (non-hydrogen) atoms. The molecule has 0 spiro atoms. The van der Waals surface area contributed by atoms with E-state index in [1.54, 1.807) is 4.68 Å². The fourth-order valence-electron chi connectivity index (χ4n) is 4.75. The second-order valence-electron chi connectivity index (χ2n) is 8.01. The SMILES string of the molecule is Cc1c(N2C3=[N+](CCC3)CC2(O)c2ccc(Br)cc2)c(=O)n(-c2ccccc2)n1C.[Br-].